The van der Waals surface area contributed by atoms with Gasteiger partial charge in [0.05, 0.1) is 4.21 Å². The zero-order valence-electron chi connectivity index (χ0n) is 12.9. The minimum atomic E-state index is -0.265. The molecular weight excluding hydrogens is 315 g/mol. The van der Waals surface area contributed by atoms with E-state index in [1.807, 2.05) is 11.8 Å². The molecule has 0 saturated carbocycles. The van der Waals surface area contributed by atoms with Crippen LogP contribution in [-0.2, 0) is 6.42 Å². The monoisotopic (exact) mass is 336 g/mol. The Morgan fingerprint density at radius 3 is 2.86 bits per heavy atom. The van der Waals surface area contributed by atoms with Crippen LogP contribution in [-0.4, -0.2) is 5.25 Å². The summed E-state index contributed by atoms with van der Waals surface area (Å²) in [6.07, 6.45) is 8.52. The van der Waals surface area contributed by atoms with E-state index in [9.17, 15) is 9.18 Å². The molecule has 0 saturated heterocycles. The van der Waals surface area contributed by atoms with Crippen molar-refractivity contribution in [3.05, 3.63) is 39.8 Å². The van der Waals surface area contributed by atoms with Gasteiger partial charge in [-0.25, -0.2) is 4.39 Å². The Morgan fingerprint density at radius 2 is 2.05 bits per heavy atom. The maximum Gasteiger partial charge on any atom is 0.192 e. The lowest BCUT2D eigenvalue weighted by Gasteiger charge is -2.07. The molecule has 0 aliphatic carbocycles. The van der Waals surface area contributed by atoms with Crippen LogP contribution in [0.4, 0.5) is 4.39 Å². The van der Waals surface area contributed by atoms with Gasteiger partial charge >= 0.3 is 0 Å². The van der Waals surface area contributed by atoms with Crippen molar-refractivity contribution >= 4 is 33.2 Å². The molecule has 118 valence electrons. The molecule has 22 heavy (non-hydrogen) atoms. The molecule has 3 rings (SSSR count). The molecule has 1 nitrogen and oxygen atoms in total. The summed E-state index contributed by atoms with van der Waals surface area (Å²) in [4.78, 5) is 12.6. The largest absolute Gasteiger partial charge is 0.289 e. The highest BCUT2D eigenvalue weighted by Gasteiger charge is 2.26. The fraction of sp³-hybridized carbons (Fsp3) is 0.500. The lowest BCUT2D eigenvalue weighted by molar-refractivity contribution is 0.598. The summed E-state index contributed by atoms with van der Waals surface area (Å²) in [5, 5.41) is 1.21. The van der Waals surface area contributed by atoms with Crippen LogP contribution >= 0.6 is 23.1 Å². The van der Waals surface area contributed by atoms with Crippen molar-refractivity contribution in [2.45, 2.75) is 61.3 Å². The van der Waals surface area contributed by atoms with Gasteiger partial charge in [-0.3, -0.25) is 4.79 Å². The summed E-state index contributed by atoms with van der Waals surface area (Å²) in [5.74, 6) is -0.265. The summed E-state index contributed by atoms with van der Waals surface area (Å²) in [6.45, 7) is 2.23. The summed E-state index contributed by atoms with van der Waals surface area (Å²) in [7, 11) is 0. The third-order valence-corrected chi connectivity index (χ3v) is 6.97. The zero-order valence-corrected chi connectivity index (χ0v) is 14.5. The van der Waals surface area contributed by atoms with Crippen LogP contribution in [0.15, 0.2) is 27.2 Å². The minimum absolute atomic E-state index is 0.115. The summed E-state index contributed by atoms with van der Waals surface area (Å²) >= 11 is 3.41. The van der Waals surface area contributed by atoms with Crippen molar-refractivity contribution in [1.82, 2.24) is 0 Å². The molecule has 2 aromatic rings. The Morgan fingerprint density at radius 1 is 1.23 bits per heavy atom. The Labute approximate surface area is 138 Å². The molecule has 0 fully saturated rings. The van der Waals surface area contributed by atoms with E-state index in [4.69, 9.17) is 0 Å². The highest BCUT2D eigenvalue weighted by molar-refractivity contribution is 8.02. The van der Waals surface area contributed by atoms with Crippen LogP contribution in [0.5, 0.6) is 0 Å². The number of hydrogen-bond donors (Lipinski definition) is 0. The van der Waals surface area contributed by atoms with Crippen LogP contribution in [0.1, 0.15) is 51.0 Å². The molecule has 1 aromatic carbocycles. The molecule has 2 heterocycles. The van der Waals surface area contributed by atoms with Gasteiger partial charge in [-0.2, -0.15) is 0 Å². The standard InChI is InChI=1S/C18H21FOS2/c1-2-3-4-5-6-7-13-11-15-17(20)14-9-8-12(19)10-16(14)22-18(15)21-13/h8-10,13H,2-7,11H2,1H3. The zero-order chi connectivity index (χ0) is 15.5. The third-order valence-electron chi connectivity index (χ3n) is 4.25. The smallest absolute Gasteiger partial charge is 0.192 e. The van der Waals surface area contributed by atoms with Crippen LogP contribution in [0.2, 0.25) is 0 Å². The van der Waals surface area contributed by atoms with Gasteiger partial charge in [-0.1, -0.05) is 39.0 Å². The fourth-order valence-electron chi connectivity index (χ4n) is 3.01. The number of unbranched alkanes of at least 4 members (excludes halogenated alkanes) is 4. The van der Waals surface area contributed by atoms with Gasteiger partial charge in [0.1, 0.15) is 5.82 Å². The van der Waals surface area contributed by atoms with Gasteiger partial charge in [-0.15, -0.1) is 23.1 Å². The number of benzene rings is 1. The Kier molecular flexibility index (Phi) is 5.19. The van der Waals surface area contributed by atoms with Crippen molar-refractivity contribution in [2.75, 3.05) is 0 Å². The van der Waals surface area contributed by atoms with Crippen LogP contribution in [0, 0.1) is 5.82 Å². The van der Waals surface area contributed by atoms with E-state index in [0.29, 0.717) is 10.6 Å². The summed E-state index contributed by atoms with van der Waals surface area (Å²) < 4.78 is 15.3. The molecule has 0 bridgehead atoms. The normalized spacial score (nSPS) is 17.1. The summed E-state index contributed by atoms with van der Waals surface area (Å²) in [5.41, 5.74) is 1.08. The second-order valence-electron chi connectivity index (χ2n) is 5.98. The van der Waals surface area contributed by atoms with Gasteiger partial charge in [0.25, 0.3) is 0 Å². The molecule has 0 spiro atoms. The van der Waals surface area contributed by atoms with E-state index < -0.39 is 0 Å². The molecule has 1 aliphatic rings. The lowest BCUT2D eigenvalue weighted by atomic mass is 10.0. The highest BCUT2D eigenvalue weighted by Crippen LogP contribution is 2.42. The molecule has 0 amide bonds. The Hall–Kier alpha value is -0.870. The quantitative estimate of drug-likeness (QED) is 0.622. The SMILES string of the molecule is CCCCCCCC1Cc2c(sc3cc(F)ccc3c2=O)S1. The third kappa shape index (κ3) is 3.38. The van der Waals surface area contributed by atoms with Gasteiger partial charge in [-0.05, 0) is 31.0 Å². The van der Waals surface area contributed by atoms with Crippen molar-refractivity contribution in [1.29, 1.82) is 0 Å². The number of rotatable bonds is 6. The molecule has 1 aliphatic heterocycles. The van der Waals surface area contributed by atoms with E-state index in [0.717, 1.165) is 20.9 Å². The predicted molar refractivity (Wildman–Crippen MR) is 94.8 cm³/mol. The van der Waals surface area contributed by atoms with Gasteiger partial charge < -0.3 is 0 Å². The maximum atomic E-state index is 13.4. The van der Waals surface area contributed by atoms with E-state index in [1.54, 1.807) is 17.4 Å². The minimum Gasteiger partial charge on any atom is -0.289 e. The first-order chi connectivity index (χ1) is 10.7. The van der Waals surface area contributed by atoms with E-state index in [2.05, 4.69) is 6.92 Å². The molecule has 1 aromatic heterocycles. The Bertz CT molecular complexity index is 723. The topological polar surface area (TPSA) is 17.1 Å². The van der Waals surface area contributed by atoms with E-state index >= 15 is 0 Å². The lowest BCUT2D eigenvalue weighted by Crippen LogP contribution is -2.10. The summed E-state index contributed by atoms with van der Waals surface area (Å²) in [6, 6.07) is 4.50. The van der Waals surface area contributed by atoms with Crippen molar-refractivity contribution in [3.63, 3.8) is 0 Å². The average Bonchev–Trinajstić information content (AvgIpc) is 2.90. The highest BCUT2D eigenvalue weighted by atomic mass is 32.2. The molecule has 1 atom stereocenters. The van der Waals surface area contributed by atoms with Crippen molar-refractivity contribution in [3.8, 4) is 0 Å². The van der Waals surface area contributed by atoms with Gasteiger partial charge in [0, 0.05) is 20.9 Å². The number of hydrogen-bond acceptors (Lipinski definition) is 3. The first-order valence-electron chi connectivity index (χ1n) is 8.11. The molecular formula is C18H21FOS2. The van der Waals surface area contributed by atoms with E-state index in [-0.39, 0.29) is 11.2 Å². The van der Waals surface area contributed by atoms with Crippen LogP contribution in [0.25, 0.3) is 10.1 Å². The predicted octanol–water partition coefficient (Wildman–Crippen LogP) is 5.78. The van der Waals surface area contributed by atoms with Crippen molar-refractivity contribution in [2.24, 2.45) is 0 Å². The first-order valence-corrected chi connectivity index (χ1v) is 9.80. The molecule has 0 radical (unpaired) electrons. The van der Waals surface area contributed by atoms with Gasteiger partial charge in [0.2, 0.25) is 0 Å². The molecule has 0 N–H and O–H groups in total. The molecule has 4 heteroatoms. The van der Waals surface area contributed by atoms with Crippen molar-refractivity contribution < 1.29 is 4.39 Å². The first kappa shape index (κ1) is 16.0. The van der Waals surface area contributed by atoms with Gasteiger partial charge in [0.15, 0.2) is 5.43 Å². The van der Waals surface area contributed by atoms with Crippen LogP contribution in [0.3, 0.4) is 0 Å². The average molecular weight is 336 g/mol. The Balaban J connectivity index is 1.72. The fourth-order valence-corrected chi connectivity index (χ4v) is 5.98. The van der Waals surface area contributed by atoms with Crippen LogP contribution < -0.4 is 5.43 Å². The second-order valence-corrected chi connectivity index (χ2v) is 8.61. The van der Waals surface area contributed by atoms with E-state index in [1.165, 1.54) is 50.7 Å². The number of thioether (sulfide) groups is 1. The number of fused-ring (bicyclic) bond motifs is 2. The molecule has 1 unspecified atom stereocenters. The second kappa shape index (κ2) is 7.14. The number of halogens is 1. The maximum absolute atomic E-state index is 13.4.